The highest BCUT2D eigenvalue weighted by molar-refractivity contribution is 5.78. The molecule has 1 aliphatic rings. The van der Waals surface area contributed by atoms with Gasteiger partial charge in [0.05, 0.1) is 11.0 Å². The van der Waals surface area contributed by atoms with Crippen LogP contribution in [0.4, 0.5) is 5.95 Å². The van der Waals surface area contributed by atoms with E-state index < -0.39 is 0 Å². The summed E-state index contributed by atoms with van der Waals surface area (Å²) < 4.78 is 0. The number of anilines is 1. The molecule has 0 atom stereocenters. The zero-order valence-corrected chi connectivity index (χ0v) is 10.3. The van der Waals surface area contributed by atoms with Crippen LogP contribution >= 0.6 is 0 Å². The number of aromatic nitrogens is 2. The average Bonchev–Trinajstić information content (AvgIpc) is 2.71. The molecule has 0 bridgehead atoms. The second-order valence-electron chi connectivity index (χ2n) is 5.09. The van der Waals surface area contributed by atoms with Gasteiger partial charge in [0, 0.05) is 6.04 Å². The summed E-state index contributed by atoms with van der Waals surface area (Å²) in [6, 6.07) is 6.93. The molecule has 90 valence electrons. The Kier molecular flexibility index (Phi) is 2.75. The molecular weight excluding hydrogens is 210 g/mol. The number of hydrogen-bond acceptors (Lipinski definition) is 2. The molecule has 0 saturated heterocycles. The monoisotopic (exact) mass is 229 g/mol. The molecule has 1 fully saturated rings. The minimum Gasteiger partial charge on any atom is -0.353 e. The van der Waals surface area contributed by atoms with E-state index in [9.17, 15) is 0 Å². The number of aromatic amines is 1. The number of nitrogens with one attached hydrogen (secondary N) is 2. The first-order valence-corrected chi connectivity index (χ1v) is 6.54. The maximum absolute atomic E-state index is 4.58. The topological polar surface area (TPSA) is 40.7 Å². The van der Waals surface area contributed by atoms with Gasteiger partial charge >= 0.3 is 0 Å². The summed E-state index contributed by atoms with van der Waals surface area (Å²) in [6.07, 6.45) is 6.62. The molecule has 1 aromatic carbocycles. The lowest BCUT2D eigenvalue weighted by atomic mass is 9.96. The normalized spacial score (nSPS) is 17.5. The van der Waals surface area contributed by atoms with Crippen LogP contribution in [0.3, 0.4) is 0 Å². The Labute approximate surface area is 102 Å². The number of aryl methyl sites for hydroxylation is 1. The molecule has 2 aromatic rings. The molecule has 1 saturated carbocycles. The fraction of sp³-hybridized carbons (Fsp3) is 0.500. The summed E-state index contributed by atoms with van der Waals surface area (Å²) in [6.45, 7) is 2.11. The van der Waals surface area contributed by atoms with E-state index in [-0.39, 0.29) is 0 Å². The molecule has 0 spiro atoms. The molecule has 0 amide bonds. The van der Waals surface area contributed by atoms with Crippen molar-refractivity contribution in [3.63, 3.8) is 0 Å². The molecular formula is C14H19N3. The minimum absolute atomic E-state index is 0.602. The van der Waals surface area contributed by atoms with Crippen LogP contribution in [0.5, 0.6) is 0 Å². The van der Waals surface area contributed by atoms with Gasteiger partial charge in [-0.05, 0) is 37.5 Å². The van der Waals surface area contributed by atoms with Crippen molar-refractivity contribution >= 4 is 17.0 Å². The van der Waals surface area contributed by atoms with Crippen molar-refractivity contribution in [2.45, 2.75) is 45.1 Å². The molecule has 0 unspecified atom stereocenters. The van der Waals surface area contributed by atoms with Gasteiger partial charge in [0.25, 0.3) is 0 Å². The van der Waals surface area contributed by atoms with Crippen molar-refractivity contribution in [1.29, 1.82) is 0 Å². The van der Waals surface area contributed by atoms with Crippen LogP contribution in [-0.2, 0) is 0 Å². The smallest absolute Gasteiger partial charge is 0.201 e. The van der Waals surface area contributed by atoms with Crippen LogP contribution < -0.4 is 5.32 Å². The quantitative estimate of drug-likeness (QED) is 0.825. The summed E-state index contributed by atoms with van der Waals surface area (Å²) in [4.78, 5) is 7.94. The van der Waals surface area contributed by atoms with Gasteiger partial charge in [0.15, 0.2) is 0 Å². The number of nitrogens with zero attached hydrogens (tertiary/aromatic N) is 1. The number of H-pyrrole nitrogens is 1. The maximum atomic E-state index is 4.58. The Bertz CT molecular complexity index is 509. The molecule has 17 heavy (non-hydrogen) atoms. The predicted octanol–water partition coefficient (Wildman–Crippen LogP) is 3.62. The van der Waals surface area contributed by atoms with Gasteiger partial charge in [-0.15, -0.1) is 0 Å². The lowest BCUT2D eigenvalue weighted by Crippen LogP contribution is -2.22. The third kappa shape index (κ3) is 2.28. The van der Waals surface area contributed by atoms with Crippen LogP contribution in [0.15, 0.2) is 18.2 Å². The van der Waals surface area contributed by atoms with Crippen molar-refractivity contribution in [1.82, 2.24) is 9.97 Å². The standard InChI is InChI=1S/C14H19N3/c1-10-7-8-12-13(9-10)17-14(16-12)15-11-5-3-2-4-6-11/h7-9,11H,2-6H2,1H3,(H2,15,16,17). The van der Waals surface area contributed by atoms with Gasteiger partial charge < -0.3 is 10.3 Å². The molecule has 1 heterocycles. The Morgan fingerprint density at radius 1 is 1.24 bits per heavy atom. The number of imidazole rings is 1. The third-order valence-electron chi connectivity index (χ3n) is 3.58. The van der Waals surface area contributed by atoms with Crippen LogP contribution in [0.25, 0.3) is 11.0 Å². The number of fused-ring (bicyclic) bond motifs is 1. The minimum atomic E-state index is 0.602. The maximum Gasteiger partial charge on any atom is 0.201 e. The summed E-state index contributed by atoms with van der Waals surface area (Å²) in [5.74, 6) is 0.928. The number of benzene rings is 1. The molecule has 1 aliphatic carbocycles. The van der Waals surface area contributed by atoms with Crippen molar-refractivity contribution in [3.8, 4) is 0 Å². The highest BCUT2D eigenvalue weighted by Crippen LogP contribution is 2.22. The van der Waals surface area contributed by atoms with Crippen LogP contribution in [-0.4, -0.2) is 16.0 Å². The fourth-order valence-electron chi connectivity index (χ4n) is 2.63. The lowest BCUT2D eigenvalue weighted by molar-refractivity contribution is 0.461. The van der Waals surface area contributed by atoms with E-state index in [2.05, 4.69) is 40.4 Å². The Morgan fingerprint density at radius 3 is 2.88 bits per heavy atom. The van der Waals surface area contributed by atoms with E-state index in [0.717, 1.165) is 17.0 Å². The molecule has 0 radical (unpaired) electrons. The second-order valence-corrected chi connectivity index (χ2v) is 5.09. The van der Waals surface area contributed by atoms with Gasteiger partial charge in [-0.3, -0.25) is 0 Å². The summed E-state index contributed by atoms with van der Waals surface area (Å²) in [5.41, 5.74) is 3.45. The van der Waals surface area contributed by atoms with E-state index in [1.807, 2.05) is 0 Å². The van der Waals surface area contributed by atoms with Crippen molar-refractivity contribution in [2.75, 3.05) is 5.32 Å². The summed E-state index contributed by atoms with van der Waals surface area (Å²) in [7, 11) is 0. The van der Waals surface area contributed by atoms with E-state index >= 15 is 0 Å². The number of rotatable bonds is 2. The summed E-state index contributed by atoms with van der Waals surface area (Å²) in [5, 5.41) is 3.52. The Balaban J connectivity index is 1.80. The Morgan fingerprint density at radius 2 is 2.06 bits per heavy atom. The molecule has 0 aliphatic heterocycles. The van der Waals surface area contributed by atoms with Gasteiger partial charge in [-0.25, -0.2) is 4.98 Å². The van der Waals surface area contributed by atoms with Gasteiger partial charge in [0.1, 0.15) is 0 Å². The van der Waals surface area contributed by atoms with E-state index in [0.29, 0.717) is 6.04 Å². The van der Waals surface area contributed by atoms with Crippen molar-refractivity contribution in [2.24, 2.45) is 0 Å². The van der Waals surface area contributed by atoms with Gasteiger partial charge in [-0.2, -0.15) is 0 Å². The predicted molar refractivity (Wildman–Crippen MR) is 71.3 cm³/mol. The van der Waals surface area contributed by atoms with Crippen molar-refractivity contribution < 1.29 is 0 Å². The first kappa shape index (κ1) is 10.6. The molecule has 3 heteroatoms. The Hall–Kier alpha value is -1.51. The molecule has 2 N–H and O–H groups in total. The second kappa shape index (κ2) is 4.40. The first-order chi connectivity index (χ1) is 8.31. The third-order valence-corrected chi connectivity index (χ3v) is 3.58. The zero-order valence-electron chi connectivity index (χ0n) is 10.3. The van der Waals surface area contributed by atoms with Crippen LogP contribution in [0, 0.1) is 6.92 Å². The summed E-state index contributed by atoms with van der Waals surface area (Å²) >= 11 is 0. The average molecular weight is 229 g/mol. The first-order valence-electron chi connectivity index (χ1n) is 6.54. The van der Waals surface area contributed by atoms with E-state index in [1.165, 1.54) is 37.7 Å². The number of hydrogen-bond donors (Lipinski definition) is 2. The molecule has 3 nitrogen and oxygen atoms in total. The van der Waals surface area contributed by atoms with Crippen LogP contribution in [0.2, 0.25) is 0 Å². The van der Waals surface area contributed by atoms with Gasteiger partial charge in [0.2, 0.25) is 5.95 Å². The highest BCUT2D eigenvalue weighted by atomic mass is 15.1. The van der Waals surface area contributed by atoms with Gasteiger partial charge in [-0.1, -0.05) is 25.3 Å². The SMILES string of the molecule is Cc1ccc2nc(NC3CCCCC3)[nH]c2c1. The van der Waals surface area contributed by atoms with E-state index in [1.54, 1.807) is 0 Å². The zero-order chi connectivity index (χ0) is 11.7. The highest BCUT2D eigenvalue weighted by Gasteiger charge is 2.14. The largest absolute Gasteiger partial charge is 0.353 e. The fourth-order valence-corrected chi connectivity index (χ4v) is 2.63. The molecule has 3 rings (SSSR count). The molecule has 1 aromatic heterocycles. The van der Waals surface area contributed by atoms with Crippen molar-refractivity contribution in [3.05, 3.63) is 23.8 Å². The lowest BCUT2D eigenvalue weighted by Gasteiger charge is -2.22. The van der Waals surface area contributed by atoms with E-state index in [4.69, 9.17) is 0 Å². The van der Waals surface area contributed by atoms with Crippen LogP contribution in [0.1, 0.15) is 37.7 Å².